The van der Waals surface area contributed by atoms with Crippen LogP contribution in [-0.4, -0.2) is 21.4 Å². The van der Waals surface area contributed by atoms with Gasteiger partial charge in [0.15, 0.2) is 0 Å². The Balaban J connectivity index is 1.31. The number of aromatic nitrogens is 2. The van der Waals surface area contributed by atoms with Crippen LogP contribution in [0.3, 0.4) is 0 Å². The first-order valence-electron chi connectivity index (χ1n) is 11.8. The lowest BCUT2D eigenvalue weighted by atomic mass is 9.95. The van der Waals surface area contributed by atoms with E-state index in [0.29, 0.717) is 24.6 Å². The van der Waals surface area contributed by atoms with Crippen LogP contribution in [0.4, 0.5) is 5.82 Å². The number of ether oxygens (including phenoxy) is 1. The van der Waals surface area contributed by atoms with Gasteiger partial charge >= 0.3 is 5.97 Å². The highest BCUT2D eigenvalue weighted by Gasteiger charge is 2.19. The number of fused-ring (bicyclic) bond motifs is 1. The molecule has 168 valence electrons. The molecule has 1 aliphatic carbocycles. The SMILES string of the molecule is O=C(CCc1ccccc1)Oc1ccc(-c2nc3ccccn3c2NC2CCCCC2)cc1. The monoisotopic (exact) mass is 439 g/mol. The number of rotatable bonds is 7. The van der Waals surface area contributed by atoms with Crippen LogP contribution in [0.1, 0.15) is 44.1 Å². The molecule has 1 fully saturated rings. The van der Waals surface area contributed by atoms with Crippen molar-refractivity contribution in [1.29, 1.82) is 0 Å². The molecule has 2 heterocycles. The molecule has 0 aliphatic heterocycles. The van der Waals surface area contributed by atoms with E-state index in [4.69, 9.17) is 9.72 Å². The lowest BCUT2D eigenvalue weighted by molar-refractivity contribution is -0.134. The van der Waals surface area contributed by atoms with Crippen LogP contribution in [0.15, 0.2) is 79.0 Å². The van der Waals surface area contributed by atoms with E-state index in [1.54, 1.807) is 0 Å². The first-order valence-corrected chi connectivity index (χ1v) is 11.8. The molecule has 4 aromatic rings. The summed E-state index contributed by atoms with van der Waals surface area (Å²) in [6.07, 6.45) is 9.34. The average molecular weight is 440 g/mol. The van der Waals surface area contributed by atoms with Gasteiger partial charge in [-0.25, -0.2) is 4.98 Å². The second-order valence-corrected chi connectivity index (χ2v) is 8.70. The summed E-state index contributed by atoms with van der Waals surface area (Å²) < 4.78 is 7.68. The molecular weight excluding hydrogens is 410 g/mol. The van der Waals surface area contributed by atoms with Crippen LogP contribution in [-0.2, 0) is 11.2 Å². The largest absolute Gasteiger partial charge is 0.427 e. The van der Waals surface area contributed by atoms with E-state index < -0.39 is 0 Å². The minimum Gasteiger partial charge on any atom is -0.427 e. The number of imidazole rings is 1. The van der Waals surface area contributed by atoms with Gasteiger partial charge in [-0.1, -0.05) is 55.7 Å². The van der Waals surface area contributed by atoms with Gasteiger partial charge in [0, 0.05) is 24.2 Å². The van der Waals surface area contributed by atoms with E-state index in [-0.39, 0.29) is 5.97 Å². The summed E-state index contributed by atoms with van der Waals surface area (Å²) in [7, 11) is 0. The smallest absolute Gasteiger partial charge is 0.311 e. The summed E-state index contributed by atoms with van der Waals surface area (Å²) in [5, 5.41) is 3.77. The number of anilines is 1. The van der Waals surface area contributed by atoms with Crippen molar-refractivity contribution in [3.05, 3.63) is 84.6 Å². The normalized spacial score (nSPS) is 14.3. The van der Waals surface area contributed by atoms with Gasteiger partial charge in [-0.05, 0) is 61.2 Å². The second kappa shape index (κ2) is 9.90. The summed E-state index contributed by atoms with van der Waals surface area (Å²) in [6.45, 7) is 0. The molecule has 0 unspecified atom stereocenters. The van der Waals surface area contributed by atoms with Crippen molar-refractivity contribution in [3.8, 4) is 17.0 Å². The summed E-state index contributed by atoms with van der Waals surface area (Å²) in [5.41, 5.74) is 3.98. The van der Waals surface area contributed by atoms with E-state index in [1.807, 2.05) is 72.8 Å². The molecule has 1 saturated carbocycles. The van der Waals surface area contributed by atoms with Crippen molar-refractivity contribution in [1.82, 2.24) is 9.38 Å². The third kappa shape index (κ3) is 5.08. The van der Waals surface area contributed by atoms with Crippen molar-refractivity contribution in [3.63, 3.8) is 0 Å². The van der Waals surface area contributed by atoms with Gasteiger partial charge in [-0.2, -0.15) is 0 Å². The highest BCUT2D eigenvalue weighted by atomic mass is 16.5. The Kier molecular flexibility index (Phi) is 6.38. The predicted octanol–water partition coefficient (Wildman–Crippen LogP) is 6.28. The van der Waals surface area contributed by atoms with Gasteiger partial charge in [-0.3, -0.25) is 9.20 Å². The minimum absolute atomic E-state index is 0.223. The fraction of sp³-hybridized carbons (Fsp3) is 0.286. The van der Waals surface area contributed by atoms with Crippen molar-refractivity contribution in [2.45, 2.75) is 51.0 Å². The second-order valence-electron chi connectivity index (χ2n) is 8.70. The van der Waals surface area contributed by atoms with Gasteiger partial charge in [-0.15, -0.1) is 0 Å². The molecule has 2 aromatic heterocycles. The molecule has 5 nitrogen and oxygen atoms in total. The summed E-state index contributed by atoms with van der Waals surface area (Å²) in [6, 6.07) is 24.2. The summed E-state index contributed by atoms with van der Waals surface area (Å²) in [5.74, 6) is 1.37. The Bertz CT molecular complexity index is 1210. The summed E-state index contributed by atoms with van der Waals surface area (Å²) in [4.78, 5) is 17.2. The Morgan fingerprint density at radius 1 is 0.939 bits per heavy atom. The van der Waals surface area contributed by atoms with Gasteiger partial charge in [0.1, 0.15) is 22.9 Å². The summed E-state index contributed by atoms with van der Waals surface area (Å²) >= 11 is 0. The molecule has 5 rings (SSSR count). The molecule has 2 aromatic carbocycles. The number of pyridine rings is 1. The molecule has 1 N–H and O–H groups in total. The van der Waals surface area contributed by atoms with Crippen LogP contribution in [0.5, 0.6) is 5.75 Å². The number of nitrogens with one attached hydrogen (secondary N) is 1. The number of carbonyl (C=O) groups is 1. The van der Waals surface area contributed by atoms with E-state index in [1.165, 1.54) is 32.1 Å². The lowest BCUT2D eigenvalue weighted by Crippen LogP contribution is -2.23. The molecule has 0 saturated heterocycles. The quantitative estimate of drug-likeness (QED) is 0.272. The maximum absolute atomic E-state index is 12.3. The molecule has 0 spiro atoms. The van der Waals surface area contributed by atoms with Crippen LogP contribution in [0.25, 0.3) is 16.9 Å². The number of nitrogens with zero attached hydrogens (tertiary/aromatic N) is 2. The number of aryl methyl sites for hydroxylation is 1. The van der Waals surface area contributed by atoms with Gasteiger partial charge in [0.05, 0.1) is 0 Å². The first-order chi connectivity index (χ1) is 16.3. The minimum atomic E-state index is -0.223. The Hall–Kier alpha value is -3.60. The van der Waals surface area contributed by atoms with E-state index in [2.05, 4.69) is 15.9 Å². The topological polar surface area (TPSA) is 55.6 Å². The Labute approximate surface area is 194 Å². The number of carbonyl (C=O) groups excluding carboxylic acids is 1. The van der Waals surface area contributed by atoms with Gasteiger partial charge in [0.25, 0.3) is 0 Å². The number of benzene rings is 2. The zero-order valence-corrected chi connectivity index (χ0v) is 18.7. The zero-order valence-electron chi connectivity index (χ0n) is 18.7. The van der Waals surface area contributed by atoms with Crippen LogP contribution < -0.4 is 10.1 Å². The fourth-order valence-corrected chi connectivity index (χ4v) is 4.53. The van der Waals surface area contributed by atoms with Crippen molar-refractivity contribution in [2.75, 3.05) is 5.32 Å². The highest BCUT2D eigenvalue weighted by Crippen LogP contribution is 2.32. The maximum Gasteiger partial charge on any atom is 0.311 e. The van der Waals surface area contributed by atoms with Gasteiger partial charge in [0.2, 0.25) is 0 Å². The molecule has 0 amide bonds. The predicted molar refractivity (Wildman–Crippen MR) is 132 cm³/mol. The number of hydrogen-bond acceptors (Lipinski definition) is 4. The molecule has 5 heteroatoms. The van der Waals surface area contributed by atoms with E-state index in [9.17, 15) is 4.79 Å². The van der Waals surface area contributed by atoms with Gasteiger partial charge < -0.3 is 10.1 Å². The lowest BCUT2D eigenvalue weighted by Gasteiger charge is -2.24. The molecular formula is C28H29N3O2. The fourth-order valence-electron chi connectivity index (χ4n) is 4.53. The third-order valence-electron chi connectivity index (χ3n) is 6.30. The van der Waals surface area contributed by atoms with Crippen LogP contribution in [0, 0.1) is 0 Å². The third-order valence-corrected chi connectivity index (χ3v) is 6.30. The molecule has 33 heavy (non-hydrogen) atoms. The molecule has 0 radical (unpaired) electrons. The standard InChI is InChI=1S/C28H29N3O2/c32-26(19-14-21-9-3-1-4-10-21)33-24-17-15-22(16-18-24)27-28(29-23-11-5-2-6-12-23)31-20-8-7-13-25(31)30-27/h1,3-4,7-10,13,15-18,20,23,29H,2,5-6,11-12,14,19H2. The van der Waals surface area contributed by atoms with E-state index in [0.717, 1.165) is 28.3 Å². The Morgan fingerprint density at radius 2 is 1.70 bits per heavy atom. The van der Waals surface area contributed by atoms with Crippen molar-refractivity contribution >= 4 is 17.4 Å². The number of esters is 1. The first kappa shape index (κ1) is 21.3. The van der Waals surface area contributed by atoms with E-state index >= 15 is 0 Å². The van der Waals surface area contributed by atoms with Crippen LogP contribution in [0.2, 0.25) is 0 Å². The zero-order chi connectivity index (χ0) is 22.5. The average Bonchev–Trinajstić information content (AvgIpc) is 3.23. The number of hydrogen-bond donors (Lipinski definition) is 1. The molecule has 0 atom stereocenters. The molecule has 0 bridgehead atoms. The highest BCUT2D eigenvalue weighted by molar-refractivity contribution is 5.78. The van der Waals surface area contributed by atoms with Crippen molar-refractivity contribution in [2.24, 2.45) is 0 Å². The molecule has 1 aliphatic rings. The van der Waals surface area contributed by atoms with Crippen LogP contribution >= 0.6 is 0 Å². The van der Waals surface area contributed by atoms with Crippen molar-refractivity contribution < 1.29 is 9.53 Å². The maximum atomic E-state index is 12.3. The Morgan fingerprint density at radius 3 is 2.48 bits per heavy atom.